The smallest absolute Gasteiger partial charge is 0.0733 e. The zero-order valence-electron chi connectivity index (χ0n) is 8.60. The van der Waals surface area contributed by atoms with Crippen molar-refractivity contribution in [1.82, 2.24) is 15.3 Å². The minimum absolute atomic E-state index is 0.437. The molecule has 4 heteroatoms. The zero-order chi connectivity index (χ0) is 10.1. The van der Waals surface area contributed by atoms with E-state index in [1.165, 1.54) is 12.8 Å². The highest BCUT2D eigenvalue weighted by Crippen LogP contribution is 2.34. The van der Waals surface area contributed by atoms with E-state index >= 15 is 0 Å². The van der Waals surface area contributed by atoms with Crippen LogP contribution in [-0.4, -0.2) is 28.2 Å². The fourth-order valence-corrected chi connectivity index (χ4v) is 2.51. The summed E-state index contributed by atoms with van der Waals surface area (Å²) < 4.78 is 5.77. The molecule has 2 fully saturated rings. The molecule has 3 unspecified atom stereocenters. The summed E-state index contributed by atoms with van der Waals surface area (Å²) in [6.07, 6.45) is 9.79. The summed E-state index contributed by atoms with van der Waals surface area (Å²) in [5.41, 5.74) is 1.00. The van der Waals surface area contributed by atoms with Gasteiger partial charge in [0.15, 0.2) is 0 Å². The average molecular weight is 205 g/mol. The molecule has 3 rings (SSSR count). The van der Waals surface area contributed by atoms with Crippen LogP contribution < -0.4 is 5.32 Å². The normalized spacial score (nSPS) is 33.5. The molecule has 1 aromatic rings. The molecule has 2 saturated heterocycles. The van der Waals surface area contributed by atoms with Gasteiger partial charge in [-0.2, -0.15) is 0 Å². The summed E-state index contributed by atoms with van der Waals surface area (Å²) in [4.78, 5) is 8.28. The van der Waals surface area contributed by atoms with E-state index in [2.05, 4.69) is 15.3 Å². The molecule has 2 aliphatic rings. The molecule has 1 aromatic heterocycles. The van der Waals surface area contributed by atoms with Crippen molar-refractivity contribution in [1.29, 1.82) is 0 Å². The molecule has 2 bridgehead atoms. The molecule has 0 spiro atoms. The molecule has 2 aliphatic heterocycles. The molecule has 0 aromatic carbocycles. The second-order valence-electron chi connectivity index (χ2n) is 4.29. The van der Waals surface area contributed by atoms with Gasteiger partial charge in [0, 0.05) is 31.2 Å². The first-order chi connectivity index (χ1) is 7.42. The number of hydrogen-bond donors (Lipinski definition) is 1. The third kappa shape index (κ3) is 1.87. The van der Waals surface area contributed by atoms with Gasteiger partial charge in [-0.25, -0.2) is 0 Å². The molecule has 1 N–H and O–H groups in total. The van der Waals surface area contributed by atoms with Crippen molar-refractivity contribution in [2.75, 3.05) is 0 Å². The number of rotatable bonds is 3. The predicted molar refractivity (Wildman–Crippen MR) is 55.2 cm³/mol. The lowest BCUT2D eigenvalue weighted by molar-refractivity contribution is 0.0972. The summed E-state index contributed by atoms with van der Waals surface area (Å²) in [6, 6.07) is 0.519. The van der Waals surface area contributed by atoms with E-state index in [4.69, 9.17) is 4.74 Å². The number of hydrogen-bond acceptors (Lipinski definition) is 4. The lowest BCUT2D eigenvalue weighted by Gasteiger charge is -2.19. The molecular formula is C11H15N3O. The minimum atomic E-state index is 0.437. The van der Waals surface area contributed by atoms with Crippen LogP contribution in [0, 0.1) is 0 Å². The highest BCUT2D eigenvalue weighted by molar-refractivity contribution is 4.98. The number of nitrogens with one attached hydrogen (secondary N) is 1. The van der Waals surface area contributed by atoms with Gasteiger partial charge < -0.3 is 10.1 Å². The van der Waals surface area contributed by atoms with Crippen LogP contribution in [0.15, 0.2) is 18.6 Å². The van der Waals surface area contributed by atoms with Gasteiger partial charge in [-0.3, -0.25) is 9.97 Å². The van der Waals surface area contributed by atoms with Crippen molar-refractivity contribution in [2.24, 2.45) is 0 Å². The third-order valence-electron chi connectivity index (χ3n) is 3.27. The SMILES string of the molecule is c1cnc(CNC2CC3CCC2O3)cn1. The van der Waals surface area contributed by atoms with Crippen LogP contribution >= 0.6 is 0 Å². The van der Waals surface area contributed by atoms with E-state index < -0.39 is 0 Å². The van der Waals surface area contributed by atoms with E-state index in [1.54, 1.807) is 18.6 Å². The van der Waals surface area contributed by atoms with E-state index in [1.807, 2.05) is 0 Å². The second-order valence-corrected chi connectivity index (χ2v) is 4.29. The quantitative estimate of drug-likeness (QED) is 0.796. The topological polar surface area (TPSA) is 47.0 Å². The minimum Gasteiger partial charge on any atom is -0.373 e. The van der Waals surface area contributed by atoms with Crippen molar-refractivity contribution in [3.05, 3.63) is 24.3 Å². The lowest BCUT2D eigenvalue weighted by Crippen LogP contribution is -2.37. The van der Waals surface area contributed by atoms with Crippen molar-refractivity contribution in [3.8, 4) is 0 Å². The number of ether oxygens (including phenoxy) is 1. The Hall–Kier alpha value is -1.00. The highest BCUT2D eigenvalue weighted by Gasteiger charge is 2.40. The molecule has 0 amide bonds. The van der Waals surface area contributed by atoms with E-state index in [0.29, 0.717) is 18.2 Å². The van der Waals surface area contributed by atoms with Crippen molar-refractivity contribution >= 4 is 0 Å². The Bertz CT molecular complexity index is 330. The standard InChI is InChI=1S/C11H15N3O/c1-2-11-10(5-9(1)15-11)14-7-8-6-12-3-4-13-8/h3-4,6,9-11,14H,1-2,5,7H2. The monoisotopic (exact) mass is 205 g/mol. The lowest BCUT2D eigenvalue weighted by atomic mass is 9.95. The first-order valence-corrected chi connectivity index (χ1v) is 5.55. The maximum atomic E-state index is 5.77. The maximum absolute atomic E-state index is 5.77. The molecule has 15 heavy (non-hydrogen) atoms. The van der Waals surface area contributed by atoms with Gasteiger partial charge in [0.25, 0.3) is 0 Å². The number of fused-ring (bicyclic) bond motifs is 2. The Balaban J connectivity index is 1.55. The molecule has 3 atom stereocenters. The van der Waals surface area contributed by atoms with E-state index in [-0.39, 0.29) is 0 Å². The average Bonchev–Trinajstić information content (AvgIpc) is 2.89. The Morgan fingerprint density at radius 3 is 3.07 bits per heavy atom. The first-order valence-electron chi connectivity index (χ1n) is 5.55. The van der Waals surface area contributed by atoms with Gasteiger partial charge in [0.05, 0.1) is 17.9 Å². The molecule has 80 valence electrons. The maximum Gasteiger partial charge on any atom is 0.0733 e. The summed E-state index contributed by atoms with van der Waals surface area (Å²) in [5, 5.41) is 3.50. The van der Waals surface area contributed by atoms with Crippen molar-refractivity contribution < 1.29 is 4.74 Å². The van der Waals surface area contributed by atoms with Gasteiger partial charge in [-0.1, -0.05) is 0 Å². The molecular weight excluding hydrogens is 190 g/mol. The fourth-order valence-electron chi connectivity index (χ4n) is 2.51. The van der Waals surface area contributed by atoms with Gasteiger partial charge in [0.1, 0.15) is 0 Å². The second kappa shape index (κ2) is 3.87. The van der Waals surface area contributed by atoms with Crippen molar-refractivity contribution in [3.63, 3.8) is 0 Å². The number of nitrogens with zero attached hydrogens (tertiary/aromatic N) is 2. The zero-order valence-corrected chi connectivity index (χ0v) is 8.60. The summed E-state index contributed by atoms with van der Waals surface area (Å²) in [5.74, 6) is 0. The van der Waals surface area contributed by atoms with Crippen LogP contribution in [0.2, 0.25) is 0 Å². The molecule has 3 heterocycles. The fraction of sp³-hybridized carbons (Fsp3) is 0.636. The van der Waals surface area contributed by atoms with E-state index in [0.717, 1.165) is 18.7 Å². The van der Waals surface area contributed by atoms with Crippen molar-refractivity contribution in [2.45, 2.75) is 44.1 Å². The molecule has 0 aliphatic carbocycles. The number of aromatic nitrogens is 2. The van der Waals surface area contributed by atoms with E-state index in [9.17, 15) is 0 Å². The van der Waals surface area contributed by atoms with Crippen LogP contribution in [0.3, 0.4) is 0 Å². The molecule has 0 radical (unpaired) electrons. The van der Waals surface area contributed by atoms with Gasteiger partial charge in [0.2, 0.25) is 0 Å². The van der Waals surface area contributed by atoms with Crippen LogP contribution in [0.5, 0.6) is 0 Å². The van der Waals surface area contributed by atoms with Gasteiger partial charge >= 0.3 is 0 Å². The summed E-state index contributed by atoms with van der Waals surface area (Å²) in [6.45, 7) is 0.797. The Morgan fingerprint density at radius 2 is 2.40 bits per heavy atom. The Labute approximate surface area is 89.1 Å². The first kappa shape index (κ1) is 9.24. The Kier molecular flexibility index (Phi) is 2.38. The Morgan fingerprint density at radius 1 is 1.40 bits per heavy atom. The summed E-state index contributed by atoms with van der Waals surface area (Å²) in [7, 11) is 0. The molecule has 4 nitrogen and oxygen atoms in total. The largest absolute Gasteiger partial charge is 0.373 e. The third-order valence-corrected chi connectivity index (χ3v) is 3.27. The van der Waals surface area contributed by atoms with Crippen LogP contribution in [-0.2, 0) is 11.3 Å². The predicted octanol–water partition coefficient (Wildman–Crippen LogP) is 0.886. The van der Waals surface area contributed by atoms with Crippen LogP contribution in [0.1, 0.15) is 25.0 Å². The van der Waals surface area contributed by atoms with Gasteiger partial charge in [-0.05, 0) is 19.3 Å². The van der Waals surface area contributed by atoms with Gasteiger partial charge in [-0.15, -0.1) is 0 Å². The summed E-state index contributed by atoms with van der Waals surface area (Å²) >= 11 is 0. The highest BCUT2D eigenvalue weighted by atomic mass is 16.5. The van der Waals surface area contributed by atoms with Crippen LogP contribution in [0.25, 0.3) is 0 Å². The van der Waals surface area contributed by atoms with Crippen LogP contribution in [0.4, 0.5) is 0 Å². The molecule has 0 saturated carbocycles.